The molecule has 0 spiro atoms. The second-order valence-corrected chi connectivity index (χ2v) is 5.96. The largest absolute Gasteiger partial charge is 0.435 e. The normalized spacial score (nSPS) is 14.8. The van der Waals surface area contributed by atoms with Gasteiger partial charge in [0.2, 0.25) is 0 Å². The average molecular weight is 339 g/mol. The quantitative estimate of drug-likeness (QED) is 0.911. The van der Waals surface area contributed by atoms with E-state index in [9.17, 15) is 13.2 Å². The fourth-order valence-corrected chi connectivity index (χ4v) is 3.19. The molecule has 0 atom stereocenters. The molecule has 2 aromatic rings. The Balaban J connectivity index is 1.74. The summed E-state index contributed by atoms with van der Waals surface area (Å²) in [5, 5.41) is 12.6. The van der Waals surface area contributed by atoms with E-state index in [1.54, 1.807) is 0 Å². The van der Waals surface area contributed by atoms with Crippen LogP contribution in [0.1, 0.15) is 23.2 Å². The number of alkyl halides is 3. The van der Waals surface area contributed by atoms with Crippen molar-refractivity contribution in [1.29, 1.82) is 0 Å². The minimum Gasteiger partial charge on any atom is -0.396 e. The third kappa shape index (κ3) is 3.56. The van der Waals surface area contributed by atoms with Gasteiger partial charge < -0.3 is 10.0 Å². The SMILES string of the molecule is OCCc1cn(CCN2CCCc3ccccc32)nc1C(F)(F)F. The van der Waals surface area contributed by atoms with E-state index in [2.05, 4.69) is 22.1 Å². The molecular weight excluding hydrogens is 319 g/mol. The molecule has 3 rings (SSSR count). The molecule has 0 radical (unpaired) electrons. The average Bonchev–Trinajstić information content (AvgIpc) is 2.96. The Morgan fingerprint density at radius 2 is 1.96 bits per heavy atom. The molecule has 0 saturated carbocycles. The van der Waals surface area contributed by atoms with E-state index < -0.39 is 11.9 Å². The van der Waals surface area contributed by atoms with Gasteiger partial charge in [-0.2, -0.15) is 18.3 Å². The van der Waals surface area contributed by atoms with E-state index in [-0.39, 0.29) is 18.6 Å². The van der Waals surface area contributed by atoms with E-state index in [4.69, 9.17) is 5.11 Å². The maximum Gasteiger partial charge on any atom is 0.435 e. The molecule has 0 saturated heterocycles. The molecule has 2 heterocycles. The van der Waals surface area contributed by atoms with Gasteiger partial charge in [-0.3, -0.25) is 4.68 Å². The number of hydrogen-bond donors (Lipinski definition) is 1. The molecule has 130 valence electrons. The van der Waals surface area contributed by atoms with Crippen LogP contribution in [0.4, 0.5) is 18.9 Å². The van der Waals surface area contributed by atoms with Gasteiger partial charge in [0.1, 0.15) is 0 Å². The molecule has 1 aromatic heterocycles. The first-order valence-corrected chi connectivity index (χ1v) is 8.06. The summed E-state index contributed by atoms with van der Waals surface area (Å²) in [6.45, 7) is 1.56. The van der Waals surface area contributed by atoms with Crippen LogP contribution in [0.2, 0.25) is 0 Å². The fraction of sp³-hybridized carbons (Fsp3) is 0.471. The Labute approximate surface area is 138 Å². The van der Waals surface area contributed by atoms with Gasteiger partial charge in [-0.1, -0.05) is 18.2 Å². The zero-order valence-corrected chi connectivity index (χ0v) is 13.3. The number of nitrogens with zero attached hydrogens (tertiary/aromatic N) is 3. The molecule has 4 nitrogen and oxygen atoms in total. The molecule has 1 aliphatic rings. The molecule has 1 aliphatic heterocycles. The Morgan fingerprint density at radius 1 is 1.17 bits per heavy atom. The molecular formula is C17H20F3N3O. The zero-order chi connectivity index (χ0) is 17.2. The summed E-state index contributed by atoms with van der Waals surface area (Å²) in [4.78, 5) is 2.19. The first-order chi connectivity index (χ1) is 11.5. The van der Waals surface area contributed by atoms with Crippen molar-refractivity contribution in [3.05, 3.63) is 47.3 Å². The second-order valence-electron chi connectivity index (χ2n) is 5.96. The topological polar surface area (TPSA) is 41.3 Å². The van der Waals surface area contributed by atoms with Crippen molar-refractivity contribution in [3.8, 4) is 0 Å². The van der Waals surface area contributed by atoms with Crippen LogP contribution in [0, 0.1) is 0 Å². The lowest BCUT2D eigenvalue weighted by Gasteiger charge is -2.31. The number of rotatable bonds is 5. The molecule has 0 amide bonds. The van der Waals surface area contributed by atoms with Crippen molar-refractivity contribution in [3.63, 3.8) is 0 Å². The van der Waals surface area contributed by atoms with Crippen LogP contribution in [0.5, 0.6) is 0 Å². The van der Waals surface area contributed by atoms with Crippen LogP contribution >= 0.6 is 0 Å². The highest BCUT2D eigenvalue weighted by atomic mass is 19.4. The van der Waals surface area contributed by atoms with Gasteiger partial charge in [0, 0.05) is 37.1 Å². The highest BCUT2D eigenvalue weighted by Gasteiger charge is 2.36. The maximum atomic E-state index is 13.0. The second kappa shape index (κ2) is 6.84. The molecule has 0 fully saturated rings. The number of hydrogen-bond acceptors (Lipinski definition) is 3. The first kappa shape index (κ1) is 16.8. The van der Waals surface area contributed by atoms with Gasteiger partial charge in [0.25, 0.3) is 0 Å². The van der Waals surface area contributed by atoms with Crippen molar-refractivity contribution in [2.24, 2.45) is 0 Å². The number of aliphatic hydroxyl groups is 1. The van der Waals surface area contributed by atoms with Crippen LogP contribution in [0.15, 0.2) is 30.5 Å². The standard InChI is InChI=1S/C17H20F3N3O/c18-17(19,20)16-14(7-11-24)12-23(21-16)10-9-22-8-3-5-13-4-1-2-6-15(13)22/h1-2,4,6,12,24H,3,5,7-11H2. The smallest absolute Gasteiger partial charge is 0.396 e. The lowest BCUT2D eigenvalue weighted by atomic mass is 10.0. The molecule has 0 aliphatic carbocycles. The predicted molar refractivity (Wildman–Crippen MR) is 85.0 cm³/mol. The number of aliphatic hydroxyl groups excluding tert-OH is 1. The number of benzene rings is 1. The number of para-hydroxylation sites is 1. The third-order valence-corrected chi connectivity index (χ3v) is 4.29. The number of fused-ring (bicyclic) bond motifs is 1. The molecule has 1 N–H and O–H groups in total. The van der Waals surface area contributed by atoms with Gasteiger partial charge in [0.15, 0.2) is 5.69 Å². The molecule has 1 aromatic carbocycles. The van der Waals surface area contributed by atoms with Crippen molar-refractivity contribution in [1.82, 2.24) is 9.78 Å². The highest BCUT2D eigenvalue weighted by molar-refractivity contribution is 5.55. The lowest BCUT2D eigenvalue weighted by molar-refractivity contribution is -0.142. The van der Waals surface area contributed by atoms with E-state index in [0.29, 0.717) is 13.1 Å². The van der Waals surface area contributed by atoms with Crippen LogP contribution in [-0.2, 0) is 25.6 Å². The van der Waals surface area contributed by atoms with Crippen molar-refractivity contribution < 1.29 is 18.3 Å². The van der Waals surface area contributed by atoms with Gasteiger partial charge in [-0.05, 0) is 30.9 Å². The monoisotopic (exact) mass is 339 g/mol. The first-order valence-electron chi connectivity index (χ1n) is 8.06. The lowest BCUT2D eigenvalue weighted by Crippen LogP contribution is -2.32. The summed E-state index contributed by atoms with van der Waals surface area (Å²) in [6.07, 6.45) is -1.06. The summed E-state index contributed by atoms with van der Waals surface area (Å²) >= 11 is 0. The Morgan fingerprint density at radius 3 is 2.71 bits per heavy atom. The highest BCUT2D eigenvalue weighted by Crippen LogP contribution is 2.31. The fourth-order valence-electron chi connectivity index (χ4n) is 3.19. The Kier molecular flexibility index (Phi) is 4.80. The number of aromatic nitrogens is 2. The minimum absolute atomic E-state index is 0.0403. The predicted octanol–water partition coefficient (Wildman–Crippen LogP) is 2.89. The summed E-state index contributed by atoms with van der Waals surface area (Å²) in [5.74, 6) is 0. The minimum atomic E-state index is -4.49. The number of halogens is 3. The Bertz CT molecular complexity index is 697. The van der Waals surface area contributed by atoms with Gasteiger partial charge in [0.05, 0.1) is 6.54 Å². The van der Waals surface area contributed by atoms with Crippen molar-refractivity contribution in [2.75, 3.05) is 24.6 Å². The molecule has 24 heavy (non-hydrogen) atoms. The van der Waals surface area contributed by atoms with Gasteiger partial charge >= 0.3 is 6.18 Å². The molecule has 0 unspecified atom stereocenters. The van der Waals surface area contributed by atoms with Crippen LogP contribution in [0.25, 0.3) is 0 Å². The number of aryl methyl sites for hydroxylation is 1. The van der Waals surface area contributed by atoms with E-state index in [0.717, 1.165) is 25.1 Å². The Hall–Kier alpha value is -2.02. The third-order valence-electron chi connectivity index (χ3n) is 4.29. The molecule has 0 bridgehead atoms. The maximum absolute atomic E-state index is 13.0. The van der Waals surface area contributed by atoms with Gasteiger partial charge in [-0.15, -0.1) is 0 Å². The van der Waals surface area contributed by atoms with Crippen molar-refractivity contribution >= 4 is 5.69 Å². The zero-order valence-electron chi connectivity index (χ0n) is 13.3. The summed E-state index contributed by atoms with van der Waals surface area (Å²) < 4.78 is 40.4. The van der Waals surface area contributed by atoms with Crippen LogP contribution < -0.4 is 4.90 Å². The van der Waals surface area contributed by atoms with E-state index >= 15 is 0 Å². The summed E-state index contributed by atoms with van der Waals surface area (Å²) in [7, 11) is 0. The molecule has 7 heteroatoms. The van der Waals surface area contributed by atoms with E-state index in [1.807, 2.05) is 12.1 Å². The number of anilines is 1. The summed E-state index contributed by atoms with van der Waals surface area (Å²) in [6, 6.07) is 8.13. The van der Waals surface area contributed by atoms with Crippen LogP contribution in [0.3, 0.4) is 0 Å². The van der Waals surface area contributed by atoms with Crippen molar-refractivity contribution in [2.45, 2.75) is 32.0 Å². The van der Waals surface area contributed by atoms with E-state index in [1.165, 1.54) is 16.4 Å². The van der Waals surface area contributed by atoms with Gasteiger partial charge in [-0.25, -0.2) is 0 Å². The van der Waals surface area contributed by atoms with Crippen LogP contribution in [-0.4, -0.2) is 34.6 Å². The summed E-state index contributed by atoms with van der Waals surface area (Å²) in [5.41, 5.74) is 1.59.